The van der Waals surface area contributed by atoms with Crippen LogP contribution >= 0.6 is 0 Å². The highest BCUT2D eigenvalue weighted by Gasteiger charge is 2.28. The van der Waals surface area contributed by atoms with Crippen LogP contribution in [0.2, 0.25) is 0 Å². The van der Waals surface area contributed by atoms with E-state index < -0.39 is 12.6 Å². The summed E-state index contributed by atoms with van der Waals surface area (Å²) in [7, 11) is 0. The summed E-state index contributed by atoms with van der Waals surface area (Å²) < 4.78 is 21.3. The van der Waals surface area contributed by atoms with Gasteiger partial charge in [-0.05, 0) is 35.9 Å². The van der Waals surface area contributed by atoms with E-state index in [-0.39, 0.29) is 18.3 Å². The molecule has 0 fully saturated rings. The molecule has 0 spiro atoms. The van der Waals surface area contributed by atoms with Gasteiger partial charge >= 0.3 is 5.97 Å². The summed E-state index contributed by atoms with van der Waals surface area (Å²) in [4.78, 5) is 23.0. The van der Waals surface area contributed by atoms with Gasteiger partial charge < -0.3 is 24.1 Å². The van der Waals surface area contributed by atoms with E-state index in [4.69, 9.17) is 24.1 Å². The number of fused-ring (bicyclic) bond motifs is 2. The first-order valence-electron chi connectivity index (χ1n) is 7.43. The van der Waals surface area contributed by atoms with Gasteiger partial charge in [0.15, 0.2) is 23.9 Å². The number of Topliss-reactive ketones (excluding diaryl/α,β-unsaturated/α-hetero) is 1. The number of ether oxygens (including phenoxy) is 4. The van der Waals surface area contributed by atoms with Crippen molar-refractivity contribution >= 4 is 17.8 Å². The summed E-state index contributed by atoms with van der Waals surface area (Å²) in [5.41, 5.74) is 1.14. The largest absolute Gasteiger partial charge is 0.482 e. The Hall–Kier alpha value is -3.48. The maximum atomic E-state index is 12.4. The number of hydrogen-bond acceptors (Lipinski definition) is 6. The van der Waals surface area contributed by atoms with E-state index in [9.17, 15) is 9.59 Å². The Morgan fingerprint density at radius 1 is 1.12 bits per heavy atom. The zero-order valence-corrected chi connectivity index (χ0v) is 12.9. The number of carbonyl (C=O) groups is 2. The van der Waals surface area contributed by atoms with E-state index in [2.05, 4.69) is 0 Å². The molecular formula is C18H12O7. The molecule has 7 nitrogen and oxygen atoms in total. The minimum absolute atomic E-state index is 0.171. The van der Waals surface area contributed by atoms with Crippen molar-refractivity contribution in [1.29, 1.82) is 0 Å². The number of rotatable bonds is 4. The molecule has 1 N–H and O–H groups in total. The topological polar surface area (TPSA) is 91.3 Å². The molecular weight excluding hydrogens is 328 g/mol. The summed E-state index contributed by atoms with van der Waals surface area (Å²) in [6.07, 6.45) is 1.61. The molecule has 0 saturated carbocycles. The lowest BCUT2D eigenvalue weighted by Gasteiger charge is -2.04. The number of ketones is 1. The second-order valence-electron chi connectivity index (χ2n) is 5.39. The van der Waals surface area contributed by atoms with Crippen molar-refractivity contribution in [3.63, 3.8) is 0 Å². The lowest BCUT2D eigenvalue weighted by molar-refractivity contribution is -0.139. The first kappa shape index (κ1) is 15.1. The van der Waals surface area contributed by atoms with Crippen LogP contribution in [-0.2, 0) is 4.79 Å². The quantitative estimate of drug-likeness (QED) is 0.855. The van der Waals surface area contributed by atoms with Gasteiger partial charge in [0.1, 0.15) is 11.5 Å². The predicted molar refractivity (Wildman–Crippen MR) is 85.1 cm³/mol. The van der Waals surface area contributed by atoms with Crippen LogP contribution in [0.3, 0.4) is 0 Å². The molecule has 126 valence electrons. The van der Waals surface area contributed by atoms with Crippen LogP contribution in [0.5, 0.6) is 23.0 Å². The van der Waals surface area contributed by atoms with Crippen LogP contribution in [0.1, 0.15) is 15.9 Å². The van der Waals surface area contributed by atoms with Gasteiger partial charge in [0.2, 0.25) is 12.6 Å². The molecule has 4 rings (SSSR count). The van der Waals surface area contributed by atoms with Crippen molar-refractivity contribution in [3.05, 3.63) is 53.3 Å². The van der Waals surface area contributed by atoms with Gasteiger partial charge in [0, 0.05) is 6.07 Å². The second kappa shape index (κ2) is 5.86. The van der Waals surface area contributed by atoms with E-state index >= 15 is 0 Å². The van der Waals surface area contributed by atoms with Gasteiger partial charge in [0.25, 0.3) is 0 Å². The summed E-state index contributed by atoms with van der Waals surface area (Å²) in [5.74, 6) is 0.756. The van der Waals surface area contributed by atoms with Crippen molar-refractivity contribution in [1.82, 2.24) is 0 Å². The first-order valence-corrected chi connectivity index (χ1v) is 7.43. The average molecular weight is 340 g/mol. The van der Waals surface area contributed by atoms with Crippen molar-refractivity contribution in [2.75, 3.05) is 13.4 Å². The molecule has 2 heterocycles. The standard InChI is InChI=1S/C18H12O7/c19-17(20)8-22-11-2-3-12-14(7-11)25-16(18(12)21)6-10-1-4-13-15(5-10)24-9-23-13/h1-7H,8-9H2,(H,19,20)/b16-6+. The molecule has 7 heteroatoms. The first-order chi connectivity index (χ1) is 12.1. The monoisotopic (exact) mass is 340 g/mol. The van der Waals surface area contributed by atoms with E-state index in [1.807, 2.05) is 0 Å². The van der Waals surface area contributed by atoms with Gasteiger partial charge in [-0.2, -0.15) is 0 Å². The second-order valence-corrected chi connectivity index (χ2v) is 5.39. The van der Waals surface area contributed by atoms with Crippen LogP contribution in [0.4, 0.5) is 0 Å². The molecule has 0 aromatic heterocycles. The highest BCUT2D eigenvalue weighted by Crippen LogP contribution is 2.36. The third-order valence-corrected chi connectivity index (χ3v) is 3.70. The van der Waals surface area contributed by atoms with E-state index in [1.54, 1.807) is 30.3 Å². The van der Waals surface area contributed by atoms with Gasteiger partial charge in [-0.25, -0.2) is 4.79 Å². The molecule has 2 aliphatic rings. The number of allylic oxidation sites excluding steroid dienone is 1. The van der Waals surface area contributed by atoms with Crippen molar-refractivity contribution in [3.8, 4) is 23.0 Å². The average Bonchev–Trinajstić information content (AvgIpc) is 3.17. The zero-order chi connectivity index (χ0) is 17.4. The summed E-state index contributed by atoms with van der Waals surface area (Å²) in [5, 5.41) is 8.64. The van der Waals surface area contributed by atoms with E-state index in [0.29, 0.717) is 28.6 Å². The molecule has 25 heavy (non-hydrogen) atoms. The van der Waals surface area contributed by atoms with Gasteiger partial charge in [-0.3, -0.25) is 4.79 Å². The molecule has 2 aromatic carbocycles. The summed E-state index contributed by atoms with van der Waals surface area (Å²) in [6, 6.07) is 9.90. The molecule has 0 saturated heterocycles. The molecule has 0 bridgehead atoms. The van der Waals surface area contributed by atoms with Gasteiger partial charge in [0.05, 0.1) is 5.56 Å². The zero-order valence-electron chi connectivity index (χ0n) is 12.9. The molecule has 2 aromatic rings. The number of carbonyl (C=O) groups excluding carboxylic acids is 1. The summed E-state index contributed by atoms with van der Waals surface area (Å²) in [6.45, 7) is -0.290. The van der Waals surface area contributed by atoms with Crippen molar-refractivity contribution in [2.45, 2.75) is 0 Å². The van der Waals surface area contributed by atoms with Crippen LogP contribution in [0.25, 0.3) is 6.08 Å². The Labute approximate surface area is 142 Å². The molecule has 0 unspecified atom stereocenters. The lowest BCUT2D eigenvalue weighted by atomic mass is 10.1. The highest BCUT2D eigenvalue weighted by atomic mass is 16.7. The number of hydrogen-bond donors (Lipinski definition) is 1. The SMILES string of the molecule is O=C(O)COc1ccc2c(c1)O/C(=C/c1ccc3c(c1)OCO3)C2=O. The van der Waals surface area contributed by atoms with Gasteiger partial charge in [-0.1, -0.05) is 6.07 Å². The minimum Gasteiger partial charge on any atom is -0.482 e. The van der Waals surface area contributed by atoms with Crippen LogP contribution in [-0.4, -0.2) is 30.3 Å². The fraction of sp³-hybridized carbons (Fsp3) is 0.111. The number of aliphatic carboxylic acids is 1. The number of benzene rings is 2. The van der Waals surface area contributed by atoms with E-state index in [0.717, 1.165) is 5.56 Å². The third-order valence-electron chi connectivity index (χ3n) is 3.70. The Kier molecular flexibility index (Phi) is 3.53. The maximum absolute atomic E-state index is 12.4. The van der Waals surface area contributed by atoms with Crippen molar-refractivity contribution in [2.24, 2.45) is 0 Å². The Bertz CT molecular complexity index is 914. The number of carboxylic acid groups (broad SMARTS) is 1. The van der Waals surface area contributed by atoms with Crippen LogP contribution in [0.15, 0.2) is 42.2 Å². The lowest BCUT2D eigenvalue weighted by Crippen LogP contribution is -2.09. The van der Waals surface area contributed by atoms with E-state index in [1.165, 1.54) is 12.1 Å². The smallest absolute Gasteiger partial charge is 0.341 e. The Morgan fingerprint density at radius 3 is 2.80 bits per heavy atom. The maximum Gasteiger partial charge on any atom is 0.341 e. The van der Waals surface area contributed by atoms with Crippen LogP contribution in [0, 0.1) is 0 Å². The third kappa shape index (κ3) is 2.87. The molecule has 2 aliphatic heterocycles. The predicted octanol–water partition coefficient (Wildman–Crippen LogP) is 2.49. The van der Waals surface area contributed by atoms with Crippen LogP contribution < -0.4 is 18.9 Å². The van der Waals surface area contributed by atoms with Crippen molar-refractivity contribution < 1.29 is 33.6 Å². The molecule has 0 atom stereocenters. The van der Waals surface area contributed by atoms with Gasteiger partial charge in [-0.15, -0.1) is 0 Å². The molecule has 0 aliphatic carbocycles. The normalized spacial score (nSPS) is 15.8. The molecule has 0 amide bonds. The Balaban J connectivity index is 1.58. The number of carboxylic acids is 1. The molecule has 0 radical (unpaired) electrons. The fourth-order valence-electron chi connectivity index (χ4n) is 2.56. The Morgan fingerprint density at radius 2 is 1.96 bits per heavy atom. The summed E-state index contributed by atoms with van der Waals surface area (Å²) >= 11 is 0. The fourth-order valence-corrected chi connectivity index (χ4v) is 2.56. The highest BCUT2D eigenvalue weighted by molar-refractivity contribution is 6.14. The minimum atomic E-state index is -1.08.